The molecule has 2 rings (SSSR count). The van der Waals surface area contributed by atoms with Gasteiger partial charge in [-0.2, -0.15) is 0 Å². The molecular weight excluding hydrogens is 803 g/mol. The van der Waals surface area contributed by atoms with E-state index >= 15 is 0 Å². The third-order valence-corrected chi connectivity index (χ3v) is 5.33. The maximum absolute atomic E-state index is 6.00. The third-order valence-electron chi connectivity index (χ3n) is 5.33. The van der Waals surface area contributed by atoms with Crippen LogP contribution in [0, 0.1) is 70.0 Å². The fraction of sp³-hybridized carbons (Fsp3) is 0.600. The minimum Gasteiger partial charge on any atom is -0.344 e. The van der Waals surface area contributed by atoms with Gasteiger partial charge in [0, 0.05) is 31.9 Å². The minimum atomic E-state index is 0. The van der Waals surface area contributed by atoms with E-state index in [1.807, 2.05) is 13.8 Å². The van der Waals surface area contributed by atoms with Gasteiger partial charge in [-0.1, -0.05) is 98.3 Å². The van der Waals surface area contributed by atoms with Gasteiger partial charge in [0.25, 0.3) is 0 Å². The van der Waals surface area contributed by atoms with Crippen molar-refractivity contribution in [2.24, 2.45) is 23.7 Å². The average molecular weight is 871 g/mol. The monoisotopic (exact) mass is 870 g/mol. The summed E-state index contributed by atoms with van der Waals surface area (Å²) >= 11 is 0. The summed E-state index contributed by atoms with van der Waals surface area (Å²) in [5, 5.41) is 12.0. The van der Waals surface area contributed by atoms with Crippen molar-refractivity contribution in [2.45, 2.75) is 113 Å². The van der Waals surface area contributed by atoms with E-state index in [4.69, 9.17) is 10.8 Å². The Morgan fingerprint density at radius 3 is 1.05 bits per heavy atom. The molecule has 0 saturated heterocycles. The van der Waals surface area contributed by atoms with E-state index in [1.165, 1.54) is 57.8 Å². The van der Waals surface area contributed by atoms with Crippen molar-refractivity contribution in [2.75, 3.05) is 0 Å². The van der Waals surface area contributed by atoms with Crippen LogP contribution >= 0.6 is 24.0 Å². The molecule has 6 heteroatoms. The van der Waals surface area contributed by atoms with Gasteiger partial charge in [0.2, 0.25) is 0 Å². The minimum absolute atomic E-state index is 0. The summed E-state index contributed by atoms with van der Waals surface area (Å²) in [4.78, 5) is 0. The standard InChI is InChI=1S/C10H20.C8H6.C7H14.C2H6.4C2H4.FH.HI.N2.H3N.Pt/c1-8(2)10-6-4-9(3)5-7-10;1-3-5-7-8-6-4-2;1-7-5-3-2-4-6-7;5*1-2;;;1-2;;/h8-10H,4-7H2,1-3H3;1-2H3;7H,2-6H2,1H3;1-2H3;4*1-2H2;2*1H;;1H3;. The number of nitrogens with zero attached hydrogens (tertiary/aromatic N) is 2. The second kappa shape index (κ2) is 83.3. The van der Waals surface area contributed by atoms with Gasteiger partial charge in [0.15, 0.2) is 0 Å². The zero-order valence-corrected chi connectivity index (χ0v) is 32.7. The first-order valence-corrected chi connectivity index (χ1v) is 13.5. The summed E-state index contributed by atoms with van der Waals surface area (Å²) in [6.07, 6.45) is 13.4. The molecule has 0 radical (unpaired) electrons. The molecule has 0 aromatic heterocycles. The first-order valence-electron chi connectivity index (χ1n) is 13.5. The molecule has 0 spiro atoms. The van der Waals surface area contributed by atoms with Crippen LogP contribution in [0.2, 0.25) is 0 Å². The van der Waals surface area contributed by atoms with Crippen LogP contribution in [0.5, 0.6) is 0 Å². The van der Waals surface area contributed by atoms with Crippen molar-refractivity contribution in [1.82, 2.24) is 6.15 Å². The zero-order valence-electron chi connectivity index (χ0n) is 28.1. The maximum Gasteiger partial charge on any atom is 0 e. The Morgan fingerprint density at radius 1 is 0.585 bits per heavy atom. The fourth-order valence-corrected chi connectivity index (χ4v) is 3.45. The Kier molecular flexibility index (Phi) is 146. The molecule has 3 N–H and O–H groups in total. The van der Waals surface area contributed by atoms with Crippen molar-refractivity contribution in [1.29, 1.82) is 10.8 Å². The number of rotatable bonds is 1. The van der Waals surface area contributed by atoms with E-state index in [1.54, 1.807) is 13.8 Å². The van der Waals surface area contributed by atoms with Gasteiger partial charge in [0.1, 0.15) is 0 Å². The number of hydrogen-bond donors (Lipinski definition) is 1. The van der Waals surface area contributed by atoms with E-state index in [0.29, 0.717) is 0 Å². The van der Waals surface area contributed by atoms with Crippen molar-refractivity contribution in [3.8, 4) is 35.5 Å². The van der Waals surface area contributed by atoms with E-state index in [-0.39, 0.29) is 55.9 Å². The molecular formula is C35H67FIN3Pt. The van der Waals surface area contributed by atoms with Crippen LogP contribution in [0.1, 0.15) is 113 Å². The summed E-state index contributed by atoms with van der Waals surface area (Å²) in [6, 6.07) is 0. The first-order chi connectivity index (χ1) is 18.0. The van der Waals surface area contributed by atoms with Gasteiger partial charge in [-0.15, -0.1) is 76.6 Å². The molecule has 0 aliphatic heterocycles. The predicted octanol–water partition coefficient (Wildman–Crippen LogP) is 12.3. The van der Waals surface area contributed by atoms with Crippen LogP contribution in [0.3, 0.4) is 0 Å². The molecule has 0 amide bonds. The van der Waals surface area contributed by atoms with Gasteiger partial charge < -0.3 is 6.15 Å². The fourth-order valence-electron chi connectivity index (χ4n) is 3.45. The molecule has 2 fully saturated rings. The predicted molar refractivity (Wildman–Crippen MR) is 196 cm³/mol. The van der Waals surface area contributed by atoms with E-state index in [9.17, 15) is 0 Å². The van der Waals surface area contributed by atoms with Gasteiger partial charge in [-0.05, 0) is 74.0 Å². The Balaban J connectivity index is -0.0000000298. The summed E-state index contributed by atoms with van der Waals surface area (Å²) in [7, 11) is 0. The Bertz CT molecular complexity index is 576. The molecule has 0 aromatic carbocycles. The van der Waals surface area contributed by atoms with Crippen molar-refractivity contribution >= 4 is 24.0 Å². The van der Waals surface area contributed by atoms with E-state index in [0.717, 1.165) is 23.7 Å². The molecule has 0 bridgehead atoms. The second-order valence-electron chi connectivity index (χ2n) is 8.01. The summed E-state index contributed by atoms with van der Waals surface area (Å²) in [5.74, 6) is 19.5. The van der Waals surface area contributed by atoms with Gasteiger partial charge in [0.05, 0.1) is 0 Å². The molecule has 2 aliphatic rings. The Morgan fingerprint density at radius 2 is 0.854 bits per heavy atom. The summed E-state index contributed by atoms with van der Waals surface area (Å²) in [6.45, 7) is 41.0. The Labute approximate surface area is 290 Å². The van der Waals surface area contributed by atoms with Crippen molar-refractivity contribution < 1.29 is 25.8 Å². The summed E-state index contributed by atoms with van der Waals surface area (Å²) in [5.41, 5.74) is 0. The number of hydrogen-bond acceptors (Lipinski definition) is 3. The van der Waals surface area contributed by atoms with Crippen LogP contribution in [0.4, 0.5) is 4.70 Å². The number of halogens is 2. The quantitative estimate of drug-likeness (QED) is 0.123. The van der Waals surface area contributed by atoms with Gasteiger partial charge in [-0.3, -0.25) is 4.70 Å². The normalized spacial score (nSPS) is 14.1. The topological polar surface area (TPSA) is 82.6 Å². The van der Waals surface area contributed by atoms with Crippen LogP contribution in [-0.4, -0.2) is 0 Å². The third kappa shape index (κ3) is 78.9. The van der Waals surface area contributed by atoms with Gasteiger partial charge in [-0.25, -0.2) is 0 Å². The van der Waals surface area contributed by atoms with E-state index < -0.39 is 0 Å². The maximum atomic E-state index is 6.00. The van der Waals surface area contributed by atoms with E-state index in [2.05, 4.69) is 116 Å². The summed E-state index contributed by atoms with van der Waals surface area (Å²) < 4.78 is 0. The SMILES string of the molecule is C=C.C=C.C=C.C=C.CC.CC#CC#CC#CC.CC1CCC(C(C)C)CC1.CC1CCCCC1.F.I.N.N#N.[Pt]. The molecule has 0 atom stereocenters. The van der Waals surface area contributed by atoms with Crippen LogP contribution < -0.4 is 6.15 Å². The second-order valence-corrected chi connectivity index (χ2v) is 8.01. The molecule has 0 heterocycles. The van der Waals surface area contributed by atoms with Crippen molar-refractivity contribution in [3.63, 3.8) is 0 Å². The molecule has 41 heavy (non-hydrogen) atoms. The molecule has 3 nitrogen and oxygen atoms in total. The largest absolute Gasteiger partial charge is 0.344 e. The molecule has 246 valence electrons. The molecule has 0 unspecified atom stereocenters. The van der Waals surface area contributed by atoms with Crippen molar-refractivity contribution in [3.05, 3.63) is 52.6 Å². The van der Waals surface area contributed by atoms with Gasteiger partial charge >= 0.3 is 0 Å². The molecule has 2 aliphatic carbocycles. The Hall–Kier alpha value is -1.63. The van der Waals surface area contributed by atoms with Crippen LogP contribution in [0.15, 0.2) is 52.6 Å². The average Bonchev–Trinajstić information content (AvgIpc) is 2.99. The zero-order chi connectivity index (χ0) is 30.9. The smallest absolute Gasteiger partial charge is 0 e. The first kappa shape index (κ1) is 72.0. The van der Waals surface area contributed by atoms with Crippen LogP contribution in [0.25, 0.3) is 0 Å². The molecule has 0 aromatic rings. The molecule has 2 saturated carbocycles. The van der Waals surface area contributed by atoms with Crippen LogP contribution in [-0.2, 0) is 21.1 Å².